The molecule has 1 heterocycles. The van der Waals surface area contributed by atoms with Crippen LogP contribution in [-0.2, 0) is 4.79 Å². The Labute approximate surface area is 124 Å². The van der Waals surface area contributed by atoms with E-state index < -0.39 is 0 Å². The summed E-state index contributed by atoms with van der Waals surface area (Å²) in [5.74, 6) is 1.34. The zero-order valence-corrected chi connectivity index (χ0v) is 13.7. The van der Waals surface area contributed by atoms with Gasteiger partial charge in [0.05, 0.1) is 0 Å². The highest BCUT2D eigenvalue weighted by atomic mass is 16.1. The van der Waals surface area contributed by atoms with Crippen molar-refractivity contribution in [3.63, 3.8) is 0 Å². The third-order valence-corrected chi connectivity index (χ3v) is 5.33. The second-order valence-electron chi connectivity index (χ2n) is 8.01. The van der Waals surface area contributed by atoms with Crippen molar-refractivity contribution in [1.29, 1.82) is 0 Å². The van der Waals surface area contributed by atoms with Crippen LogP contribution < -0.4 is 10.6 Å². The number of carbonyl (C=O) groups excluding carboxylic acids is 1. The zero-order chi connectivity index (χ0) is 14.8. The summed E-state index contributed by atoms with van der Waals surface area (Å²) in [6.07, 6.45) is 6.86. The number of nitrogens with one attached hydrogen (secondary N) is 2. The van der Waals surface area contributed by atoms with Crippen molar-refractivity contribution in [3.8, 4) is 0 Å². The van der Waals surface area contributed by atoms with Gasteiger partial charge in [-0.1, -0.05) is 20.8 Å². The smallest absolute Gasteiger partial charge is 0.223 e. The van der Waals surface area contributed by atoms with Crippen LogP contribution in [0, 0.1) is 17.3 Å². The quantitative estimate of drug-likeness (QED) is 0.816. The monoisotopic (exact) mass is 280 g/mol. The van der Waals surface area contributed by atoms with Gasteiger partial charge in [-0.2, -0.15) is 0 Å². The lowest BCUT2D eigenvalue weighted by Gasteiger charge is -2.37. The van der Waals surface area contributed by atoms with Gasteiger partial charge >= 0.3 is 0 Å². The molecular formula is C17H32N2O. The molecule has 1 saturated heterocycles. The highest BCUT2D eigenvalue weighted by Gasteiger charge is 2.33. The summed E-state index contributed by atoms with van der Waals surface area (Å²) in [5.41, 5.74) is 0.394. The normalized spacial score (nSPS) is 35.6. The van der Waals surface area contributed by atoms with Crippen molar-refractivity contribution in [3.05, 3.63) is 0 Å². The molecule has 1 amide bonds. The third kappa shape index (κ3) is 4.21. The average Bonchev–Trinajstić information content (AvgIpc) is 2.40. The van der Waals surface area contributed by atoms with Crippen LogP contribution in [0.2, 0.25) is 0 Å². The second-order valence-corrected chi connectivity index (χ2v) is 8.01. The van der Waals surface area contributed by atoms with Gasteiger partial charge in [0.1, 0.15) is 0 Å². The summed E-state index contributed by atoms with van der Waals surface area (Å²) < 4.78 is 0. The van der Waals surface area contributed by atoms with E-state index in [9.17, 15) is 4.79 Å². The molecular weight excluding hydrogens is 248 g/mol. The molecule has 116 valence electrons. The first-order valence-corrected chi connectivity index (χ1v) is 8.40. The van der Waals surface area contributed by atoms with Gasteiger partial charge in [0.25, 0.3) is 0 Å². The third-order valence-electron chi connectivity index (χ3n) is 5.33. The molecule has 0 aromatic heterocycles. The van der Waals surface area contributed by atoms with E-state index in [0.29, 0.717) is 23.4 Å². The summed E-state index contributed by atoms with van der Waals surface area (Å²) in [6.45, 7) is 10.1. The maximum atomic E-state index is 12.4. The van der Waals surface area contributed by atoms with Crippen molar-refractivity contribution in [2.24, 2.45) is 17.3 Å². The molecule has 3 nitrogen and oxygen atoms in total. The fourth-order valence-corrected chi connectivity index (χ4v) is 3.66. The number of carbonyl (C=O) groups is 1. The van der Waals surface area contributed by atoms with Gasteiger partial charge in [-0.3, -0.25) is 4.79 Å². The summed E-state index contributed by atoms with van der Waals surface area (Å²) >= 11 is 0. The van der Waals surface area contributed by atoms with Gasteiger partial charge in [-0.15, -0.1) is 0 Å². The standard InChI is InChI=1S/C17H32N2O/c1-12-5-10-15(11-18-12)19-16(20)13-6-8-14(9-7-13)17(2,3)4/h12-15,18H,5-11H2,1-4H3,(H,19,20). The van der Waals surface area contributed by atoms with E-state index in [1.165, 1.54) is 19.3 Å². The lowest BCUT2D eigenvalue weighted by Crippen LogP contribution is -2.50. The number of amides is 1. The minimum Gasteiger partial charge on any atom is -0.352 e. The zero-order valence-electron chi connectivity index (χ0n) is 13.7. The Morgan fingerprint density at radius 3 is 2.20 bits per heavy atom. The number of piperidine rings is 1. The van der Waals surface area contributed by atoms with E-state index in [-0.39, 0.29) is 5.92 Å². The molecule has 0 aromatic rings. The van der Waals surface area contributed by atoms with Crippen molar-refractivity contribution < 1.29 is 4.79 Å². The maximum Gasteiger partial charge on any atom is 0.223 e. The van der Waals surface area contributed by atoms with Crippen molar-refractivity contribution in [1.82, 2.24) is 10.6 Å². The Balaban J connectivity index is 1.75. The highest BCUT2D eigenvalue weighted by molar-refractivity contribution is 5.79. The van der Waals surface area contributed by atoms with Crippen LogP contribution in [0.4, 0.5) is 0 Å². The van der Waals surface area contributed by atoms with Crippen LogP contribution in [0.15, 0.2) is 0 Å². The highest BCUT2D eigenvalue weighted by Crippen LogP contribution is 2.39. The molecule has 2 unspecified atom stereocenters. The number of rotatable bonds is 2. The largest absolute Gasteiger partial charge is 0.352 e. The molecule has 2 N–H and O–H groups in total. The summed E-state index contributed by atoms with van der Waals surface area (Å²) in [4.78, 5) is 12.4. The van der Waals surface area contributed by atoms with E-state index in [1.54, 1.807) is 0 Å². The van der Waals surface area contributed by atoms with E-state index in [2.05, 4.69) is 38.3 Å². The van der Waals surface area contributed by atoms with Gasteiger partial charge in [-0.05, 0) is 56.8 Å². The Kier molecular flexibility index (Phi) is 5.11. The molecule has 2 rings (SSSR count). The van der Waals surface area contributed by atoms with E-state index in [0.717, 1.165) is 31.7 Å². The molecule has 1 aliphatic heterocycles. The van der Waals surface area contributed by atoms with Crippen LogP contribution in [0.25, 0.3) is 0 Å². The predicted molar refractivity (Wildman–Crippen MR) is 83.5 cm³/mol. The van der Waals surface area contributed by atoms with Crippen molar-refractivity contribution in [2.75, 3.05) is 6.54 Å². The fourth-order valence-electron chi connectivity index (χ4n) is 3.66. The molecule has 0 spiro atoms. The molecule has 2 aliphatic rings. The van der Waals surface area contributed by atoms with E-state index in [4.69, 9.17) is 0 Å². The van der Waals surface area contributed by atoms with Crippen LogP contribution in [0.5, 0.6) is 0 Å². The maximum absolute atomic E-state index is 12.4. The van der Waals surface area contributed by atoms with Gasteiger partial charge in [0, 0.05) is 24.5 Å². The summed E-state index contributed by atoms with van der Waals surface area (Å²) in [7, 11) is 0. The lowest BCUT2D eigenvalue weighted by atomic mass is 9.69. The molecule has 2 atom stereocenters. The number of hydrogen-bond donors (Lipinski definition) is 2. The van der Waals surface area contributed by atoms with Gasteiger partial charge in [-0.25, -0.2) is 0 Å². The first-order chi connectivity index (χ1) is 9.36. The molecule has 0 bridgehead atoms. The van der Waals surface area contributed by atoms with Crippen LogP contribution in [0.3, 0.4) is 0 Å². The number of hydrogen-bond acceptors (Lipinski definition) is 2. The summed E-state index contributed by atoms with van der Waals surface area (Å²) in [6, 6.07) is 0.949. The summed E-state index contributed by atoms with van der Waals surface area (Å²) in [5, 5.41) is 6.71. The minimum atomic E-state index is 0.257. The molecule has 20 heavy (non-hydrogen) atoms. The van der Waals surface area contributed by atoms with Gasteiger partial charge in [0.15, 0.2) is 0 Å². The van der Waals surface area contributed by atoms with Gasteiger partial charge < -0.3 is 10.6 Å². The van der Waals surface area contributed by atoms with Crippen molar-refractivity contribution >= 4 is 5.91 Å². The molecule has 1 aliphatic carbocycles. The molecule has 0 aromatic carbocycles. The van der Waals surface area contributed by atoms with Crippen LogP contribution in [-0.4, -0.2) is 24.5 Å². The fraction of sp³-hybridized carbons (Fsp3) is 0.941. The minimum absolute atomic E-state index is 0.257. The Bertz CT molecular complexity index is 318. The lowest BCUT2D eigenvalue weighted by molar-refractivity contribution is -0.127. The molecule has 0 radical (unpaired) electrons. The molecule has 3 heteroatoms. The van der Waals surface area contributed by atoms with E-state index >= 15 is 0 Å². The Morgan fingerprint density at radius 1 is 1.05 bits per heavy atom. The Morgan fingerprint density at radius 2 is 1.70 bits per heavy atom. The SMILES string of the molecule is CC1CCC(NC(=O)C2CCC(C(C)(C)C)CC2)CN1. The predicted octanol–water partition coefficient (Wildman–Crippen LogP) is 3.10. The van der Waals surface area contributed by atoms with Crippen LogP contribution >= 0.6 is 0 Å². The van der Waals surface area contributed by atoms with E-state index in [1.807, 2.05) is 0 Å². The van der Waals surface area contributed by atoms with Crippen LogP contribution in [0.1, 0.15) is 66.2 Å². The Hall–Kier alpha value is -0.570. The molecule has 2 fully saturated rings. The topological polar surface area (TPSA) is 41.1 Å². The van der Waals surface area contributed by atoms with Crippen molar-refractivity contribution in [2.45, 2.75) is 78.3 Å². The first-order valence-electron chi connectivity index (χ1n) is 8.40. The van der Waals surface area contributed by atoms with Gasteiger partial charge in [0.2, 0.25) is 5.91 Å². The average molecular weight is 280 g/mol. The molecule has 1 saturated carbocycles. The first kappa shape index (κ1) is 15.8. The second kappa shape index (κ2) is 6.46.